The SMILES string of the molecule is Brc1cccc(Br)c1N1CCCNC(C2CC2)C1. The van der Waals surface area contributed by atoms with Crippen LogP contribution in [0.4, 0.5) is 5.69 Å². The average Bonchev–Trinajstić information content (AvgIpc) is 3.15. The van der Waals surface area contributed by atoms with E-state index >= 15 is 0 Å². The summed E-state index contributed by atoms with van der Waals surface area (Å²) in [7, 11) is 0. The maximum atomic E-state index is 3.71. The first-order chi connectivity index (χ1) is 8.75. The molecule has 1 heterocycles. The van der Waals surface area contributed by atoms with Crippen LogP contribution >= 0.6 is 31.9 Å². The maximum Gasteiger partial charge on any atom is 0.0655 e. The quantitative estimate of drug-likeness (QED) is 0.848. The van der Waals surface area contributed by atoms with Crippen LogP contribution < -0.4 is 10.2 Å². The van der Waals surface area contributed by atoms with Crippen molar-refractivity contribution in [2.75, 3.05) is 24.5 Å². The molecule has 1 aliphatic carbocycles. The van der Waals surface area contributed by atoms with Crippen molar-refractivity contribution in [1.82, 2.24) is 5.32 Å². The molecule has 1 saturated carbocycles. The van der Waals surface area contributed by atoms with Crippen LogP contribution in [0.15, 0.2) is 27.1 Å². The van der Waals surface area contributed by atoms with Crippen LogP contribution in [0.2, 0.25) is 0 Å². The Hall–Kier alpha value is -0.0600. The molecule has 1 atom stereocenters. The molecule has 3 rings (SSSR count). The minimum absolute atomic E-state index is 0.673. The molecule has 1 saturated heterocycles. The van der Waals surface area contributed by atoms with E-state index < -0.39 is 0 Å². The molecule has 0 amide bonds. The molecule has 1 aliphatic heterocycles. The second-order valence-corrected chi connectivity index (χ2v) is 6.98. The Balaban J connectivity index is 1.84. The van der Waals surface area contributed by atoms with Gasteiger partial charge in [0, 0.05) is 28.1 Å². The third-order valence-corrected chi connectivity index (χ3v) is 5.15. The minimum Gasteiger partial charge on any atom is -0.368 e. The molecule has 1 aromatic rings. The fourth-order valence-electron chi connectivity index (χ4n) is 2.76. The van der Waals surface area contributed by atoms with Gasteiger partial charge in [0.1, 0.15) is 0 Å². The number of nitrogens with zero attached hydrogens (tertiary/aromatic N) is 1. The number of benzene rings is 1. The topological polar surface area (TPSA) is 15.3 Å². The van der Waals surface area contributed by atoms with Gasteiger partial charge in [0.15, 0.2) is 0 Å². The largest absolute Gasteiger partial charge is 0.368 e. The summed E-state index contributed by atoms with van der Waals surface area (Å²) in [4.78, 5) is 2.52. The van der Waals surface area contributed by atoms with Gasteiger partial charge >= 0.3 is 0 Å². The van der Waals surface area contributed by atoms with Gasteiger partial charge in [-0.05, 0) is 75.7 Å². The summed E-state index contributed by atoms with van der Waals surface area (Å²) in [5.74, 6) is 0.909. The zero-order valence-electron chi connectivity index (χ0n) is 10.3. The molecule has 1 unspecified atom stereocenters. The molecule has 18 heavy (non-hydrogen) atoms. The molecule has 0 spiro atoms. The van der Waals surface area contributed by atoms with Crippen molar-refractivity contribution in [2.45, 2.75) is 25.3 Å². The predicted molar refractivity (Wildman–Crippen MR) is 83.2 cm³/mol. The first-order valence-electron chi connectivity index (χ1n) is 6.68. The van der Waals surface area contributed by atoms with Gasteiger partial charge in [0.2, 0.25) is 0 Å². The molecule has 0 radical (unpaired) electrons. The summed E-state index contributed by atoms with van der Waals surface area (Å²) in [6, 6.07) is 7.01. The highest BCUT2D eigenvalue weighted by molar-refractivity contribution is 9.11. The first kappa shape index (κ1) is 12.9. The van der Waals surface area contributed by atoms with Crippen molar-refractivity contribution >= 4 is 37.5 Å². The van der Waals surface area contributed by atoms with Crippen LogP contribution in [0.1, 0.15) is 19.3 Å². The summed E-state index contributed by atoms with van der Waals surface area (Å²) in [6.45, 7) is 3.42. The number of rotatable bonds is 2. The van der Waals surface area contributed by atoms with Crippen LogP contribution in [0.25, 0.3) is 0 Å². The molecule has 98 valence electrons. The van der Waals surface area contributed by atoms with Crippen LogP contribution in [0.5, 0.6) is 0 Å². The van der Waals surface area contributed by atoms with Gasteiger partial charge in [0.05, 0.1) is 5.69 Å². The van der Waals surface area contributed by atoms with E-state index in [9.17, 15) is 0 Å². The standard InChI is InChI=1S/C14H18Br2N2/c15-11-3-1-4-12(16)14(11)18-8-2-7-17-13(9-18)10-5-6-10/h1,3-4,10,13,17H,2,5-9H2. The number of hydrogen-bond acceptors (Lipinski definition) is 2. The zero-order valence-corrected chi connectivity index (χ0v) is 13.5. The van der Waals surface area contributed by atoms with E-state index in [-0.39, 0.29) is 0 Å². The molecule has 4 heteroatoms. The Kier molecular flexibility index (Phi) is 3.97. The van der Waals surface area contributed by atoms with Crippen LogP contribution in [0, 0.1) is 5.92 Å². The van der Waals surface area contributed by atoms with E-state index in [0.717, 1.165) is 25.6 Å². The lowest BCUT2D eigenvalue weighted by Gasteiger charge is -2.28. The third kappa shape index (κ3) is 2.75. The summed E-state index contributed by atoms with van der Waals surface area (Å²) in [5.41, 5.74) is 1.31. The number of para-hydroxylation sites is 1. The number of halogens is 2. The average molecular weight is 374 g/mol. The third-order valence-electron chi connectivity index (χ3n) is 3.87. The van der Waals surface area contributed by atoms with Gasteiger partial charge in [-0.15, -0.1) is 0 Å². The highest BCUT2D eigenvalue weighted by Crippen LogP contribution is 2.38. The minimum atomic E-state index is 0.673. The Bertz CT molecular complexity index is 412. The zero-order chi connectivity index (χ0) is 12.5. The first-order valence-corrected chi connectivity index (χ1v) is 8.26. The van der Waals surface area contributed by atoms with Gasteiger partial charge in [-0.3, -0.25) is 0 Å². The van der Waals surface area contributed by atoms with Gasteiger partial charge < -0.3 is 10.2 Å². The predicted octanol–water partition coefficient (Wildman–Crippen LogP) is 3.79. The number of nitrogens with one attached hydrogen (secondary N) is 1. The molecular formula is C14H18Br2N2. The summed E-state index contributed by atoms with van der Waals surface area (Å²) in [5, 5.41) is 3.71. The molecule has 0 aromatic heterocycles. The molecular weight excluding hydrogens is 356 g/mol. The summed E-state index contributed by atoms with van der Waals surface area (Å²) >= 11 is 7.38. The van der Waals surface area contributed by atoms with Crippen molar-refractivity contribution in [3.63, 3.8) is 0 Å². The van der Waals surface area contributed by atoms with E-state index in [1.165, 1.54) is 33.9 Å². The van der Waals surface area contributed by atoms with Gasteiger partial charge in [-0.2, -0.15) is 0 Å². The Morgan fingerprint density at radius 3 is 2.56 bits per heavy atom. The summed E-state index contributed by atoms with van der Waals surface area (Å²) < 4.78 is 2.38. The highest BCUT2D eigenvalue weighted by Gasteiger charge is 2.33. The van der Waals surface area contributed by atoms with E-state index in [2.05, 4.69) is 60.3 Å². The van der Waals surface area contributed by atoms with Crippen molar-refractivity contribution in [3.8, 4) is 0 Å². The van der Waals surface area contributed by atoms with Crippen LogP contribution in [0.3, 0.4) is 0 Å². The lowest BCUT2D eigenvalue weighted by Crippen LogP contribution is -2.39. The molecule has 1 aromatic carbocycles. The Labute approximate surface area is 125 Å². The van der Waals surface area contributed by atoms with Crippen molar-refractivity contribution in [1.29, 1.82) is 0 Å². The molecule has 2 nitrogen and oxygen atoms in total. The van der Waals surface area contributed by atoms with Gasteiger partial charge in [-0.25, -0.2) is 0 Å². The van der Waals surface area contributed by atoms with Gasteiger partial charge in [-0.1, -0.05) is 6.07 Å². The Morgan fingerprint density at radius 1 is 1.17 bits per heavy atom. The normalized spacial score (nSPS) is 25.0. The molecule has 0 bridgehead atoms. The number of hydrogen-bond donors (Lipinski definition) is 1. The van der Waals surface area contributed by atoms with E-state index in [4.69, 9.17) is 0 Å². The second kappa shape index (κ2) is 5.51. The highest BCUT2D eigenvalue weighted by atomic mass is 79.9. The summed E-state index contributed by atoms with van der Waals surface area (Å²) in [6.07, 6.45) is 4.03. The molecule has 2 fully saturated rings. The lowest BCUT2D eigenvalue weighted by atomic mass is 10.1. The maximum absolute atomic E-state index is 3.71. The molecule has 2 aliphatic rings. The van der Waals surface area contributed by atoms with Crippen LogP contribution in [-0.4, -0.2) is 25.7 Å². The monoisotopic (exact) mass is 372 g/mol. The van der Waals surface area contributed by atoms with E-state index in [1.54, 1.807) is 0 Å². The fourth-order valence-corrected chi connectivity index (χ4v) is 4.26. The molecule has 1 N–H and O–H groups in total. The van der Waals surface area contributed by atoms with Gasteiger partial charge in [0.25, 0.3) is 0 Å². The lowest BCUT2D eigenvalue weighted by molar-refractivity contribution is 0.490. The number of anilines is 1. The van der Waals surface area contributed by atoms with Crippen molar-refractivity contribution in [3.05, 3.63) is 27.1 Å². The second-order valence-electron chi connectivity index (χ2n) is 5.27. The Morgan fingerprint density at radius 2 is 1.89 bits per heavy atom. The van der Waals surface area contributed by atoms with E-state index in [0.29, 0.717) is 6.04 Å². The van der Waals surface area contributed by atoms with Crippen molar-refractivity contribution in [2.24, 2.45) is 5.92 Å². The van der Waals surface area contributed by atoms with Crippen LogP contribution in [-0.2, 0) is 0 Å². The van der Waals surface area contributed by atoms with E-state index in [1.807, 2.05) is 0 Å². The smallest absolute Gasteiger partial charge is 0.0655 e. The van der Waals surface area contributed by atoms with Crippen molar-refractivity contribution < 1.29 is 0 Å². The fraction of sp³-hybridized carbons (Fsp3) is 0.571.